The average Bonchev–Trinajstić information content (AvgIpc) is 2.83. The van der Waals surface area contributed by atoms with E-state index in [9.17, 15) is 14.4 Å². The van der Waals surface area contributed by atoms with Gasteiger partial charge in [0.1, 0.15) is 6.54 Å². The van der Waals surface area contributed by atoms with Gasteiger partial charge in [-0.05, 0) is 23.4 Å². The quantitative estimate of drug-likeness (QED) is 0.565. The fourth-order valence-electron chi connectivity index (χ4n) is 2.16. The molecular formula is C18H18N2O3S. The predicted molar refractivity (Wildman–Crippen MR) is 96.1 cm³/mol. The molecule has 0 bridgehead atoms. The van der Waals surface area contributed by atoms with Crippen molar-refractivity contribution >= 4 is 34.9 Å². The third-order valence-electron chi connectivity index (χ3n) is 3.32. The Morgan fingerprint density at radius 1 is 1.12 bits per heavy atom. The van der Waals surface area contributed by atoms with Gasteiger partial charge in [0, 0.05) is 13.1 Å². The zero-order valence-corrected chi connectivity index (χ0v) is 14.0. The number of amides is 3. The lowest BCUT2D eigenvalue weighted by Crippen LogP contribution is -2.42. The summed E-state index contributed by atoms with van der Waals surface area (Å²) in [5.74, 6) is -0.766. The summed E-state index contributed by atoms with van der Waals surface area (Å²) in [5.41, 5.74) is 0.828. The number of imide groups is 1. The van der Waals surface area contributed by atoms with E-state index in [0.717, 1.165) is 22.2 Å². The molecule has 0 unspecified atom stereocenters. The van der Waals surface area contributed by atoms with Crippen molar-refractivity contribution in [3.63, 3.8) is 0 Å². The highest BCUT2D eigenvalue weighted by molar-refractivity contribution is 8.18. The highest BCUT2D eigenvalue weighted by Crippen LogP contribution is 2.32. The minimum atomic E-state index is -0.445. The summed E-state index contributed by atoms with van der Waals surface area (Å²) < 4.78 is 0. The van der Waals surface area contributed by atoms with E-state index in [1.807, 2.05) is 30.3 Å². The third kappa shape index (κ3) is 4.23. The molecule has 1 aromatic carbocycles. The molecule has 1 aliphatic heterocycles. The van der Waals surface area contributed by atoms with Gasteiger partial charge in [0.25, 0.3) is 11.1 Å². The smallest absolute Gasteiger partial charge is 0.294 e. The molecule has 1 saturated heterocycles. The molecule has 5 nitrogen and oxygen atoms in total. The zero-order chi connectivity index (χ0) is 17.5. The number of nitrogens with zero attached hydrogens (tertiary/aromatic N) is 2. The van der Waals surface area contributed by atoms with Gasteiger partial charge in [-0.15, -0.1) is 13.2 Å². The summed E-state index contributed by atoms with van der Waals surface area (Å²) in [6.07, 6.45) is 4.83. The topological polar surface area (TPSA) is 57.7 Å². The standard InChI is InChI=1S/C18H18N2O3S/c1-3-10-19(11-4-2)16(21)13-20-17(22)15(24-18(20)23)12-14-8-6-5-7-9-14/h3-9,12H,1-2,10-11,13H2/b15-12+. The van der Waals surface area contributed by atoms with Gasteiger partial charge >= 0.3 is 0 Å². The molecule has 1 fully saturated rings. The Hall–Kier alpha value is -2.60. The first-order valence-corrected chi connectivity index (χ1v) is 8.18. The SMILES string of the molecule is C=CCN(CC=C)C(=O)CN1C(=O)S/C(=C/c2ccccc2)C1=O. The van der Waals surface area contributed by atoms with Crippen LogP contribution < -0.4 is 0 Å². The summed E-state index contributed by atoms with van der Waals surface area (Å²) in [5, 5.41) is -0.437. The minimum absolute atomic E-state index is 0.279. The Morgan fingerprint density at radius 3 is 2.33 bits per heavy atom. The highest BCUT2D eigenvalue weighted by Gasteiger charge is 2.36. The first kappa shape index (κ1) is 17.7. The van der Waals surface area contributed by atoms with Gasteiger partial charge < -0.3 is 4.90 Å². The summed E-state index contributed by atoms with van der Waals surface area (Å²) in [7, 11) is 0. The maximum atomic E-state index is 12.4. The summed E-state index contributed by atoms with van der Waals surface area (Å²) in [6.45, 7) is 7.58. The molecule has 2 rings (SSSR count). The molecular weight excluding hydrogens is 324 g/mol. The van der Waals surface area contributed by atoms with Crippen LogP contribution in [0.2, 0.25) is 0 Å². The van der Waals surface area contributed by atoms with Gasteiger partial charge in [0.2, 0.25) is 5.91 Å². The van der Waals surface area contributed by atoms with Crippen molar-refractivity contribution in [1.29, 1.82) is 0 Å². The molecule has 3 amide bonds. The Kier molecular flexibility index (Phi) is 6.14. The lowest BCUT2D eigenvalue weighted by molar-refractivity contribution is -0.135. The van der Waals surface area contributed by atoms with Gasteiger partial charge in [-0.1, -0.05) is 42.5 Å². The van der Waals surface area contributed by atoms with Gasteiger partial charge in [0.15, 0.2) is 0 Å². The van der Waals surface area contributed by atoms with Crippen molar-refractivity contribution in [2.45, 2.75) is 0 Å². The average molecular weight is 342 g/mol. The van der Waals surface area contributed by atoms with E-state index in [1.54, 1.807) is 18.2 Å². The molecule has 0 saturated carbocycles. The molecule has 0 N–H and O–H groups in total. The second kappa shape index (κ2) is 8.31. The van der Waals surface area contributed by atoms with Crippen LogP contribution in [0.25, 0.3) is 6.08 Å². The van der Waals surface area contributed by atoms with Crippen LogP contribution >= 0.6 is 11.8 Å². The first-order valence-electron chi connectivity index (χ1n) is 7.36. The van der Waals surface area contributed by atoms with Crippen LogP contribution in [-0.4, -0.2) is 46.5 Å². The number of thioether (sulfide) groups is 1. The molecule has 1 heterocycles. The number of carbonyl (C=O) groups is 3. The van der Waals surface area contributed by atoms with E-state index in [0.29, 0.717) is 18.0 Å². The molecule has 124 valence electrons. The largest absolute Gasteiger partial charge is 0.334 e. The van der Waals surface area contributed by atoms with Crippen molar-refractivity contribution in [2.75, 3.05) is 19.6 Å². The van der Waals surface area contributed by atoms with E-state index in [-0.39, 0.29) is 12.5 Å². The molecule has 0 spiro atoms. The van der Waals surface area contributed by atoms with Crippen molar-refractivity contribution < 1.29 is 14.4 Å². The molecule has 0 aliphatic carbocycles. The number of benzene rings is 1. The van der Waals surface area contributed by atoms with E-state index < -0.39 is 11.1 Å². The number of hydrogen-bond acceptors (Lipinski definition) is 4. The fraction of sp³-hybridized carbons (Fsp3) is 0.167. The predicted octanol–water partition coefficient (Wildman–Crippen LogP) is 2.92. The van der Waals surface area contributed by atoms with Crippen LogP contribution in [0.3, 0.4) is 0 Å². The maximum absolute atomic E-state index is 12.4. The fourth-order valence-corrected chi connectivity index (χ4v) is 3.00. The second-order valence-electron chi connectivity index (χ2n) is 5.05. The van der Waals surface area contributed by atoms with Crippen LogP contribution in [-0.2, 0) is 9.59 Å². The molecule has 1 aromatic rings. The van der Waals surface area contributed by atoms with Crippen LogP contribution in [0.5, 0.6) is 0 Å². The molecule has 1 aliphatic rings. The monoisotopic (exact) mass is 342 g/mol. The van der Waals surface area contributed by atoms with E-state index in [4.69, 9.17) is 0 Å². The minimum Gasteiger partial charge on any atom is -0.334 e. The molecule has 24 heavy (non-hydrogen) atoms. The van der Waals surface area contributed by atoms with E-state index in [1.165, 1.54) is 4.90 Å². The normalized spacial score (nSPS) is 15.7. The highest BCUT2D eigenvalue weighted by atomic mass is 32.2. The zero-order valence-electron chi connectivity index (χ0n) is 13.2. The Labute approximate surface area is 145 Å². The Bertz CT molecular complexity index is 687. The van der Waals surface area contributed by atoms with Crippen LogP contribution in [0.1, 0.15) is 5.56 Å². The van der Waals surface area contributed by atoms with Gasteiger partial charge in [0.05, 0.1) is 4.91 Å². The number of hydrogen-bond donors (Lipinski definition) is 0. The molecule has 0 aromatic heterocycles. The maximum Gasteiger partial charge on any atom is 0.294 e. The molecule has 0 atom stereocenters. The lowest BCUT2D eigenvalue weighted by Gasteiger charge is -2.21. The van der Waals surface area contributed by atoms with Crippen molar-refractivity contribution in [1.82, 2.24) is 9.80 Å². The summed E-state index contributed by atoms with van der Waals surface area (Å²) >= 11 is 0.845. The van der Waals surface area contributed by atoms with Crippen molar-refractivity contribution in [2.24, 2.45) is 0 Å². The van der Waals surface area contributed by atoms with E-state index in [2.05, 4.69) is 13.2 Å². The first-order chi connectivity index (χ1) is 11.6. The molecule has 0 radical (unpaired) electrons. The van der Waals surface area contributed by atoms with Gasteiger partial charge in [-0.3, -0.25) is 19.3 Å². The van der Waals surface area contributed by atoms with E-state index >= 15 is 0 Å². The Morgan fingerprint density at radius 2 is 1.75 bits per heavy atom. The Balaban J connectivity index is 2.11. The number of rotatable bonds is 7. The second-order valence-corrected chi connectivity index (χ2v) is 6.05. The van der Waals surface area contributed by atoms with Crippen LogP contribution in [0.4, 0.5) is 4.79 Å². The van der Waals surface area contributed by atoms with Crippen LogP contribution in [0.15, 0.2) is 60.5 Å². The number of carbonyl (C=O) groups excluding carboxylic acids is 3. The lowest BCUT2D eigenvalue weighted by atomic mass is 10.2. The van der Waals surface area contributed by atoms with Crippen LogP contribution in [0, 0.1) is 0 Å². The molecule has 6 heteroatoms. The summed E-state index contributed by atoms with van der Waals surface area (Å²) in [6, 6.07) is 9.25. The summed E-state index contributed by atoms with van der Waals surface area (Å²) in [4.78, 5) is 39.5. The van der Waals surface area contributed by atoms with Gasteiger partial charge in [-0.2, -0.15) is 0 Å². The van der Waals surface area contributed by atoms with Gasteiger partial charge in [-0.25, -0.2) is 0 Å². The van der Waals surface area contributed by atoms with Crippen molar-refractivity contribution in [3.8, 4) is 0 Å². The third-order valence-corrected chi connectivity index (χ3v) is 4.22. The van der Waals surface area contributed by atoms with Crippen molar-refractivity contribution in [3.05, 3.63) is 66.1 Å².